The van der Waals surface area contributed by atoms with Crippen LogP contribution in [0, 0.1) is 12.8 Å². The summed E-state index contributed by atoms with van der Waals surface area (Å²) in [5.41, 5.74) is 6.99. The molecule has 1 aliphatic carbocycles. The smallest absolute Gasteiger partial charge is 0.240 e. The van der Waals surface area contributed by atoms with Crippen LogP contribution in [0.25, 0.3) is 0 Å². The number of anilines is 1. The number of rotatable bonds is 6. The average Bonchev–Trinajstić information content (AvgIpc) is 3.25. The highest BCUT2D eigenvalue weighted by Gasteiger charge is 2.29. The standard InChI is InChI=1S/C14H21N3O3S/c1-9-3-6-11(7-13(9)21(19,20)16-2)17-14(18)8-12(15)10-4-5-10/h3,6-7,10,12,16H,4-5,8,15H2,1-2H3,(H,17,18). The van der Waals surface area contributed by atoms with Crippen molar-refractivity contribution in [2.75, 3.05) is 12.4 Å². The molecule has 116 valence electrons. The minimum Gasteiger partial charge on any atom is -0.327 e. The highest BCUT2D eigenvalue weighted by atomic mass is 32.2. The predicted molar refractivity (Wildman–Crippen MR) is 81.4 cm³/mol. The van der Waals surface area contributed by atoms with Gasteiger partial charge < -0.3 is 11.1 Å². The van der Waals surface area contributed by atoms with Gasteiger partial charge in [0.2, 0.25) is 15.9 Å². The molecule has 1 fully saturated rings. The van der Waals surface area contributed by atoms with Crippen molar-refractivity contribution in [3.05, 3.63) is 23.8 Å². The Balaban J connectivity index is 2.10. The second-order valence-electron chi connectivity index (χ2n) is 5.44. The summed E-state index contributed by atoms with van der Waals surface area (Å²) in [5, 5.41) is 2.71. The molecule has 0 aromatic heterocycles. The summed E-state index contributed by atoms with van der Waals surface area (Å²) < 4.78 is 26.1. The van der Waals surface area contributed by atoms with Gasteiger partial charge in [-0.1, -0.05) is 6.07 Å². The van der Waals surface area contributed by atoms with Crippen LogP contribution in [0.1, 0.15) is 24.8 Å². The van der Waals surface area contributed by atoms with Gasteiger partial charge in [0.25, 0.3) is 0 Å². The summed E-state index contributed by atoms with van der Waals surface area (Å²) in [7, 11) is -2.18. The average molecular weight is 311 g/mol. The second-order valence-corrected chi connectivity index (χ2v) is 7.30. The first-order valence-corrected chi connectivity index (χ1v) is 8.41. The molecule has 1 aromatic carbocycles. The molecule has 0 saturated heterocycles. The number of amides is 1. The molecule has 21 heavy (non-hydrogen) atoms. The van der Waals surface area contributed by atoms with Crippen molar-refractivity contribution >= 4 is 21.6 Å². The largest absolute Gasteiger partial charge is 0.327 e. The van der Waals surface area contributed by atoms with Crippen molar-refractivity contribution in [3.63, 3.8) is 0 Å². The zero-order chi connectivity index (χ0) is 15.6. The van der Waals surface area contributed by atoms with Crippen molar-refractivity contribution in [1.82, 2.24) is 4.72 Å². The van der Waals surface area contributed by atoms with Gasteiger partial charge in [-0.15, -0.1) is 0 Å². The van der Waals surface area contributed by atoms with E-state index in [0.717, 1.165) is 12.8 Å². The van der Waals surface area contributed by atoms with Crippen LogP contribution < -0.4 is 15.8 Å². The SMILES string of the molecule is CNS(=O)(=O)c1cc(NC(=O)CC(N)C2CC2)ccc1C. The Morgan fingerprint density at radius 3 is 2.67 bits per heavy atom. The van der Waals surface area contributed by atoms with Gasteiger partial charge >= 0.3 is 0 Å². The molecule has 0 radical (unpaired) electrons. The van der Waals surface area contributed by atoms with E-state index < -0.39 is 10.0 Å². The Morgan fingerprint density at radius 2 is 2.10 bits per heavy atom. The Morgan fingerprint density at radius 1 is 1.43 bits per heavy atom. The van der Waals surface area contributed by atoms with Crippen molar-refractivity contribution in [3.8, 4) is 0 Å². The molecule has 4 N–H and O–H groups in total. The summed E-state index contributed by atoms with van der Waals surface area (Å²) >= 11 is 0. The molecular formula is C14H21N3O3S. The number of aryl methyl sites for hydroxylation is 1. The minimum atomic E-state index is -3.54. The highest BCUT2D eigenvalue weighted by Crippen LogP contribution is 2.32. The predicted octanol–water partition coefficient (Wildman–Crippen LogP) is 0.969. The van der Waals surface area contributed by atoms with Crippen LogP contribution in [0.2, 0.25) is 0 Å². The van der Waals surface area contributed by atoms with E-state index >= 15 is 0 Å². The lowest BCUT2D eigenvalue weighted by molar-refractivity contribution is -0.116. The topological polar surface area (TPSA) is 101 Å². The Labute approximate surface area is 125 Å². The quantitative estimate of drug-likeness (QED) is 0.728. The van der Waals surface area contributed by atoms with E-state index in [1.165, 1.54) is 13.1 Å². The summed E-state index contributed by atoms with van der Waals surface area (Å²) in [6.07, 6.45) is 2.43. The third kappa shape index (κ3) is 4.03. The van der Waals surface area contributed by atoms with Gasteiger partial charge in [-0.3, -0.25) is 4.79 Å². The summed E-state index contributed by atoms with van der Waals surface area (Å²) in [6, 6.07) is 4.70. The number of sulfonamides is 1. The van der Waals surface area contributed by atoms with E-state index in [1.807, 2.05) is 0 Å². The first-order chi connectivity index (χ1) is 9.83. The van der Waals surface area contributed by atoms with E-state index in [9.17, 15) is 13.2 Å². The number of benzene rings is 1. The fourth-order valence-electron chi connectivity index (χ4n) is 2.19. The van der Waals surface area contributed by atoms with Crippen LogP contribution >= 0.6 is 0 Å². The Bertz CT molecular complexity index is 639. The molecule has 0 bridgehead atoms. The molecular weight excluding hydrogens is 290 g/mol. The maximum atomic E-state index is 11.9. The van der Waals surface area contributed by atoms with Gasteiger partial charge in [0.1, 0.15) is 0 Å². The lowest BCUT2D eigenvalue weighted by Gasteiger charge is -2.12. The fraction of sp³-hybridized carbons (Fsp3) is 0.500. The van der Waals surface area contributed by atoms with Crippen LogP contribution in [0.3, 0.4) is 0 Å². The molecule has 0 heterocycles. The Kier molecular flexibility index (Phi) is 4.65. The van der Waals surface area contributed by atoms with Gasteiger partial charge in [-0.25, -0.2) is 13.1 Å². The maximum absolute atomic E-state index is 11.9. The van der Waals surface area contributed by atoms with Gasteiger partial charge in [0.05, 0.1) is 4.90 Å². The number of nitrogens with one attached hydrogen (secondary N) is 2. The summed E-state index contributed by atoms with van der Waals surface area (Å²) in [5.74, 6) is 0.264. The zero-order valence-electron chi connectivity index (χ0n) is 12.2. The normalized spacial score (nSPS) is 16.5. The summed E-state index contributed by atoms with van der Waals surface area (Å²) in [4.78, 5) is 12.1. The lowest BCUT2D eigenvalue weighted by Crippen LogP contribution is -2.29. The van der Waals surface area contributed by atoms with Gasteiger partial charge in [0.15, 0.2) is 0 Å². The maximum Gasteiger partial charge on any atom is 0.240 e. The van der Waals surface area contributed by atoms with Gasteiger partial charge in [0, 0.05) is 18.2 Å². The van der Waals surface area contributed by atoms with E-state index in [0.29, 0.717) is 17.2 Å². The molecule has 1 amide bonds. The first-order valence-electron chi connectivity index (χ1n) is 6.93. The molecule has 0 spiro atoms. The third-order valence-corrected chi connectivity index (χ3v) is 5.24. The summed E-state index contributed by atoms with van der Waals surface area (Å²) in [6.45, 7) is 1.71. The molecule has 1 saturated carbocycles. The van der Waals surface area contributed by atoms with Gasteiger partial charge in [-0.2, -0.15) is 0 Å². The molecule has 1 aromatic rings. The van der Waals surface area contributed by atoms with Crippen LogP contribution in [-0.4, -0.2) is 27.4 Å². The van der Waals surface area contributed by atoms with Crippen molar-refractivity contribution in [2.45, 2.75) is 37.1 Å². The van der Waals surface area contributed by atoms with E-state index in [-0.39, 0.29) is 23.3 Å². The molecule has 0 aliphatic heterocycles. The number of nitrogens with two attached hydrogens (primary N) is 1. The monoisotopic (exact) mass is 311 g/mol. The van der Waals surface area contributed by atoms with E-state index in [2.05, 4.69) is 10.0 Å². The third-order valence-electron chi connectivity index (χ3n) is 3.68. The molecule has 1 aliphatic rings. The first kappa shape index (κ1) is 15.9. The van der Waals surface area contributed by atoms with Crippen LogP contribution in [0.15, 0.2) is 23.1 Å². The molecule has 2 rings (SSSR count). The molecule has 7 heteroatoms. The number of carbonyl (C=O) groups is 1. The molecule has 1 atom stereocenters. The Hall–Kier alpha value is -1.44. The lowest BCUT2D eigenvalue weighted by atomic mass is 10.1. The van der Waals surface area contributed by atoms with Crippen molar-refractivity contribution in [1.29, 1.82) is 0 Å². The van der Waals surface area contributed by atoms with Crippen molar-refractivity contribution in [2.24, 2.45) is 11.7 Å². The highest BCUT2D eigenvalue weighted by molar-refractivity contribution is 7.89. The van der Waals surface area contributed by atoms with Crippen LogP contribution in [-0.2, 0) is 14.8 Å². The van der Waals surface area contributed by atoms with Crippen LogP contribution in [0.4, 0.5) is 5.69 Å². The van der Waals surface area contributed by atoms with E-state index in [1.54, 1.807) is 19.1 Å². The van der Waals surface area contributed by atoms with Crippen molar-refractivity contribution < 1.29 is 13.2 Å². The minimum absolute atomic E-state index is 0.115. The molecule has 1 unspecified atom stereocenters. The van der Waals surface area contributed by atoms with Gasteiger partial charge in [-0.05, 0) is 50.4 Å². The second kappa shape index (κ2) is 6.13. The van der Waals surface area contributed by atoms with E-state index in [4.69, 9.17) is 5.73 Å². The number of carbonyl (C=O) groups excluding carboxylic acids is 1. The number of hydrogen-bond donors (Lipinski definition) is 3. The molecule has 6 nitrogen and oxygen atoms in total. The number of hydrogen-bond acceptors (Lipinski definition) is 4. The zero-order valence-corrected chi connectivity index (χ0v) is 13.0. The van der Waals surface area contributed by atoms with Crippen LogP contribution in [0.5, 0.6) is 0 Å². The fourth-order valence-corrected chi connectivity index (χ4v) is 3.19.